The Labute approximate surface area is 160 Å². The number of aromatic nitrogens is 3. The SMILES string of the molecule is Cn1cc(C#Cc2cnc(Cl)cc2N2CCC(C(C)(C)CO)CC2)cn1. The van der Waals surface area contributed by atoms with Crippen LogP contribution in [0.2, 0.25) is 5.15 Å². The van der Waals surface area contributed by atoms with E-state index in [2.05, 4.69) is 40.7 Å². The summed E-state index contributed by atoms with van der Waals surface area (Å²) in [5.41, 5.74) is 2.74. The molecule has 1 fully saturated rings. The maximum atomic E-state index is 9.63. The van der Waals surface area contributed by atoms with Gasteiger partial charge in [-0.05, 0) is 24.2 Å². The molecule has 0 radical (unpaired) electrons. The van der Waals surface area contributed by atoms with Gasteiger partial charge in [-0.15, -0.1) is 0 Å². The highest BCUT2D eigenvalue weighted by Gasteiger charge is 2.32. The molecule has 1 saturated heterocycles. The van der Waals surface area contributed by atoms with Gasteiger partial charge in [0.1, 0.15) is 5.15 Å². The largest absolute Gasteiger partial charge is 0.396 e. The normalized spacial score (nSPS) is 15.7. The fourth-order valence-corrected chi connectivity index (χ4v) is 3.59. The molecule has 2 aromatic rings. The molecule has 0 amide bonds. The second-order valence-electron chi connectivity index (χ2n) is 7.58. The number of hydrogen-bond donors (Lipinski definition) is 1. The van der Waals surface area contributed by atoms with Gasteiger partial charge in [-0.3, -0.25) is 4.68 Å². The van der Waals surface area contributed by atoms with Gasteiger partial charge < -0.3 is 10.0 Å². The number of aliphatic hydroxyl groups excluding tert-OH is 1. The minimum absolute atomic E-state index is 0.0368. The second kappa shape index (κ2) is 7.69. The summed E-state index contributed by atoms with van der Waals surface area (Å²) in [6.45, 7) is 6.36. The van der Waals surface area contributed by atoms with E-state index in [1.54, 1.807) is 17.1 Å². The lowest BCUT2D eigenvalue weighted by Crippen LogP contribution is -2.40. The maximum Gasteiger partial charge on any atom is 0.131 e. The summed E-state index contributed by atoms with van der Waals surface area (Å²) < 4.78 is 1.73. The zero-order chi connectivity index (χ0) is 18.7. The van der Waals surface area contributed by atoms with Crippen molar-refractivity contribution in [2.45, 2.75) is 26.7 Å². The van der Waals surface area contributed by atoms with Crippen molar-refractivity contribution in [3.63, 3.8) is 0 Å². The van der Waals surface area contributed by atoms with Crippen LogP contribution in [-0.4, -0.2) is 39.6 Å². The molecule has 2 aromatic heterocycles. The zero-order valence-corrected chi connectivity index (χ0v) is 16.3. The zero-order valence-electron chi connectivity index (χ0n) is 15.5. The highest BCUT2D eigenvalue weighted by molar-refractivity contribution is 6.29. The van der Waals surface area contributed by atoms with Gasteiger partial charge in [-0.1, -0.05) is 37.3 Å². The average Bonchev–Trinajstić information content (AvgIpc) is 3.06. The van der Waals surface area contributed by atoms with Crippen LogP contribution >= 0.6 is 11.6 Å². The third-order valence-electron chi connectivity index (χ3n) is 5.24. The number of halogens is 1. The Morgan fingerprint density at radius 1 is 1.27 bits per heavy atom. The fraction of sp³-hybridized carbons (Fsp3) is 0.500. The summed E-state index contributed by atoms with van der Waals surface area (Å²) in [4.78, 5) is 6.53. The van der Waals surface area contributed by atoms with Gasteiger partial charge >= 0.3 is 0 Å². The van der Waals surface area contributed by atoms with Gasteiger partial charge in [0.25, 0.3) is 0 Å². The first-order chi connectivity index (χ1) is 12.4. The van der Waals surface area contributed by atoms with Gasteiger partial charge in [0.2, 0.25) is 0 Å². The molecule has 3 rings (SSSR count). The van der Waals surface area contributed by atoms with Crippen LogP contribution < -0.4 is 4.90 Å². The van der Waals surface area contributed by atoms with Crippen LogP contribution in [0, 0.1) is 23.2 Å². The summed E-state index contributed by atoms with van der Waals surface area (Å²) in [6.07, 6.45) is 7.47. The predicted octanol–water partition coefficient (Wildman–Crippen LogP) is 3.10. The molecule has 1 aliphatic rings. The average molecular weight is 373 g/mol. The molecule has 0 atom stereocenters. The molecule has 26 heavy (non-hydrogen) atoms. The van der Waals surface area contributed by atoms with Crippen molar-refractivity contribution in [1.29, 1.82) is 0 Å². The molecule has 1 N–H and O–H groups in total. The molecular formula is C20H25ClN4O. The van der Waals surface area contributed by atoms with E-state index in [4.69, 9.17) is 11.6 Å². The number of anilines is 1. The van der Waals surface area contributed by atoms with Crippen LogP contribution in [0.25, 0.3) is 0 Å². The molecule has 0 aliphatic carbocycles. The van der Waals surface area contributed by atoms with Crippen molar-refractivity contribution >= 4 is 17.3 Å². The standard InChI is InChI=1S/C20H25ClN4O/c1-20(2,14-26)17-6-8-25(9-7-17)18-10-19(21)22-12-16(18)5-4-15-11-23-24(3)13-15/h10-13,17,26H,6-9,14H2,1-3H3. The summed E-state index contributed by atoms with van der Waals surface area (Å²) in [6, 6.07) is 1.90. The molecule has 0 aromatic carbocycles. The number of pyridine rings is 1. The summed E-state index contributed by atoms with van der Waals surface area (Å²) in [7, 11) is 1.87. The molecule has 0 spiro atoms. The quantitative estimate of drug-likeness (QED) is 0.664. The third-order valence-corrected chi connectivity index (χ3v) is 5.45. The van der Waals surface area contributed by atoms with E-state index in [0.29, 0.717) is 11.1 Å². The van der Waals surface area contributed by atoms with E-state index >= 15 is 0 Å². The van der Waals surface area contributed by atoms with Crippen LogP contribution in [0.5, 0.6) is 0 Å². The molecule has 1 aliphatic heterocycles. The number of aliphatic hydroxyl groups is 1. The van der Waals surface area contributed by atoms with E-state index in [-0.39, 0.29) is 12.0 Å². The highest BCUT2D eigenvalue weighted by Crippen LogP contribution is 2.36. The van der Waals surface area contributed by atoms with Crippen LogP contribution in [0.1, 0.15) is 37.8 Å². The smallest absolute Gasteiger partial charge is 0.131 e. The number of aryl methyl sites for hydroxylation is 1. The Hall–Kier alpha value is -2.03. The Balaban J connectivity index is 1.80. The van der Waals surface area contributed by atoms with E-state index in [0.717, 1.165) is 42.7 Å². The Morgan fingerprint density at radius 3 is 2.62 bits per heavy atom. The fourth-order valence-electron chi connectivity index (χ4n) is 3.43. The monoisotopic (exact) mass is 372 g/mol. The van der Waals surface area contributed by atoms with Crippen LogP contribution in [0.4, 0.5) is 5.69 Å². The maximum absolute atomic E-state index is 9.63. The topological polar surface area (TPSA) is 54.2 Å². The van der Waals surface area contributed by atoms with Gasteiger partial charge in [0.05, 0.1) is 23.0 Å². The molecular weight excluding hydrogens is 348 g/mol. The van der Waals surface area contributed by atoms with E-state index < -0.39 is 0 Å². The Morgan fingerprint density at radius 2 is 2.00 bits per heavy atom. The molecule has 138 valence electrons. The predicted molar refractivity (Wildman–Crippen MR) is 104 cm³/mol. The van der Waals surface area contributed by atoms with E-state index in [1.807, 2.05) is 19.3 Å². The highest BCUT2D eigenvalue weighted by atomic mass is 35.5. The molecule has 0 saturated carbocycles. The summed E-state index contributed by atoms with van der Waals surface area (Å²) in [5, 5.41) is 14.2. The lowest BCUT2D eigenvalue weighted by molar-refractivity contribution is 0.0812. The molecule has 5 nitrogen and oxygen atoms in total. The van der Waals surface area contributed by atoms with Crippen molar-refractivity contribution in [3.8, 4) is 11.8 Å². The van der Waals surface area contributed by atoms with Gasteiger partial charge in [-0.2, -0.15) is 5.10 Å². The van der Waals surface area contributed by atoms with Crippen LogP contribution in [-0.2, 0) is 7.05 Å². The molecule has 3 heterocycles. The summed E-state index contributed by atoms with van der Waals surface area (Å²) >= 11 is 6.15. The second-order valence-corrected chi connectivity index (χ2v) is 7.97. The van der Waals surface area contributed by atoms with Crippen molar-refractivity contribution in [3.05, 3.63) is 40.9 Å². The lowest BCUT2D eigenvalue weighted by atomic mass is 9.74. The lowest BCUT2D eigenvalue weighted by Gasteiger charge is -2.40. The number of rotatable bonds is 3. The van der Waals surface area contributed by atoms with Crippen molar-refractivity contribution < 1.29 is 5.11 Å². The van der Waals surface area contributed by atoms with Crippen LogP contribution in [0.3, 0.4) is 0 Å². The molecule has 0 bridgehead atoms. The van der Waals surface area contributed by atoms with Crippen molar-refractivity contribution in [2.24, 2.45) is 18.4 Å². The Bertz CT molecular complexity index is 826. The van der Waals surface area contributed by atoms with Gasteiger partial charge in [-0.25, -0.2) is 4.98 Å². The number of hydrogen-bond acceptors (Lipinski definition) is 4. The minimum atomic E-state index is -0.0368. The van der Waals surface area contributed by atoms with Crippen molar-refractivity contribution in [2.75, 3.05) is 24.6 Å². The third kappa shape index (κ3) is 4.20. The summed E-state index contributed by atoms with van der Waals surface area (Å²) in [5.74, 6) is 6.88. The molecule has 0 unspecified atom stereocenters. The van der Waals surface area contributed by atoms with Crippen LogP contribution in [0.15, 0.2) is 24.7 Å². The van der Waals surface area contributed by atoms with Gasteiger partial charge in [0.15, 0.2) is 0 Å². The Kier molecular flexibility index (Phi) is 5.55. The van der Waals surface area contributed by atoms with E-state index in [9.17, 15) is 5.11 Å². The minimum Gasteiger partial charge on any atom is -0.396 e. The van der Waals surface area contributed by atoms with E-state index in [1.165, 1.54) is 0 Å². The van der Waals surface area contributed by atoms with Crippen molar-refractivity contribution in [1.82, 2.24) is 14.8 Å². The first-order valence-corrected chi connectivity index (χ1v) is 9.29. The number of nitrogens with zero attached hydrogens (tertiary/aromatic N) is 4. The first-order valence-electron chi connectivity index (χ1n) is 8.91. The first kappa shape index (κ1) is 18.8. The number of piperidine rings is 1. The van der Waals surface area contributed by atoms with Gasteiger partial charge in [0, 0.05) is 45.2 Å². The molecule has 6 heteroatoms.